The molecule has 1 aliphatic rings. The van der Waals surface area contributed by atoms with E-state index in [9.17, 15) is 13.2 Å². The molecule has 0 heterocycles. The fourth-order valence-electron chi connectivity index (χ4n) is 2.14. The van der Waals surface area contributed by atoms with E-state index in [0.29, 0.717) is 0 Å². The van der Waals surface area contributed by atoms with Crippen LogP contribution in [0.4, 0.5) is 13.2 Å². The molecule has 1 fully saturated rings. The second-order valence-corrected chi connectivity index (χ2v) is 5.09. The van der Waals surface area contributed by atoms with Crippen LogP contribution in [0.25, 0.3) is 0 Å². The van der Waals surface area contributed by atoms with E-state index in [1.165, 1.54) is 6.07 Å². The van der Waals surface area contributed by atoms with Crippen molar-refractivity contribution in [2.75, 3.05) is 0 Å². The number of nitrogens with two attached hydrogens (primary N) is 1. The monoisotopic (exact) mass is 229 g/mol. The van der Waals surface area contributed by atoms with Crippen LogP contribution in [0.15, 0.2) is 12.1 Å². The smallest absolute Gasteiger partial charge is 0.194 e. The highest BCUT2D eigenvalue weighted by molar-refractivity contribution is 5.26. The summed E-state index contributed by atoms with van der Waals surface area (Å²) in [5, 5.41) is 0. The predicted molar refractivity (Wildman–Crippen MR) is 55.1 cm³/mol. The van der Waals surface area contributed by atoms with Gasteiger partial charge >= 0.3 is 0 Å². The quantitative estimate of drug-likeness (QED) is 0.774. The van der Waals surface area contributed by atoms with E-state index < -0.39 is 23.5 Å². The van der Waals surface area contributed by atoms with E-state index in [4.69, 9.17) is 5.73 Å². The van der Waals surface area contributed by atoms with Crippen molar-refractivity contribution in [3.63, 3.8) is 0 Å². The van der Waals surface area contributed by atoms with Crippen molar-refractivity contribution in [3.8, 4) is 0 Å². The van der Waals surface area contributed by atoms with Gasteiger partial charge in [-0.3, -0.25) is 0 Å². The first-order valence-corrected chi connectivity index (χ1v) is 5.23. The summed E-state index contributed by atoms with van der Waals surface area (Å²) in [7, 11) is 0. The van der Waals surface area contributed by atoms with Gasteiger partial charge in [0.15, 0.2) is 17.5 Å². The first-order valence-electron chi connectivity index (χ1n) is 5.23. The van der Waals surface area contributed by atoms with E-state index in [0.717, 1.165) is 12.5 Å². The molecule has 1 aliphatic carbocycles. The minimum absolute atomic E-state index is 0.0643. The van der Waals surface area contributed by atoms with Crippen LogP contribution in [0, 0.1) is 28.8 Å². The zero-order valence-corrected chi connectivity index (χ0v) is 9.23. The van der Waals surface area contributed by atoms with Crippen molar-refractivity contribution in [2.45, 2.75) is 26.3 Å². The van der Waals surface area contributed by atoms with Crippen LogP contribution in [0.2, 0.25) is 0 Å². The molecule has 2 unspecified atom stereocenters. The minimum Gasteiger partial charge on any atom is -0.324 e. The van der Waals surface area contributed by atoms with E-state index in [-0.39, 0.29) is 16.9 Å². The molecule has 0 radical (unpaired) electrons. The SMILES string of the molecule is CC1(C)CC1C(N)c1ccc(F)c(F)c1F. The van der Waals surface area contributed by atoms with Gasteiger partial charge in [0.25, 0.3) is 0 Å². The van der Waals surface area contributed by atoms with Crippen LogP contribution >= 0.6 is 0 Å². The Hall–Kier alpha value is -1.03. The van der Waals surface area contributed by atoms with Gasteiger partial charge in [-0.1, -0.05) is 19.9 Å². The number of benzene rings is 1. The van der Waals surface area contributed by atoms with E-state index >= 15 is 0 Å². The van der Waals surface area contributed by atoms with Crippen molar-refractivity contribution in [1.29, 1.82) is 0 Å². The third kappa shape index (κ3) is 1.71. The summed E-state index contributed by atoms with van der Waals surface area (Å²) in [6.45, 7) is 4.05. The van der Waals surface area contributed by atoms with E-state index in [1.54, 1.807) is 0 Å². The number of hydrogen-bond acceptors (Lipinski definition) is 1. The Morgan fingerprint density at radius 1 is 1.25 bits per heavy atom. The molecule has 0 aromatic heterocycles. The average Bonchev–Trinajstić information content (AvgIpc) is 2.84. The molecule has 0 aliphatic heterocycles. The summed E-state index contributed by atoms with van der Waals surface area (Å²) < 4.78 is 39.2. The van der Waals surface area contributed by atoms with Gasteiger partial charge in [-0.05, 0) is 23.8 Å². The van der Waals surface area contributed by atoms with Gasteiger partial charge in [-0.15, -0.1) is 0 Å². The molecular formula is C12H14F3N. The van der Waals surface area contributed by atoms with Crippen molar-refractivity contribution in [1.82, 2.24) is 0 Å². The molecule has 2 N–H and O–H groups in total. The molecule has 1 aromatic carbocycles. The fourth-order valence-corrected chi connectivity index (χ4v) is 2.14. The summed E-state index contributed by atoms with van der Waals surface area (Å²) in [5.41, 5.74) is 6.00. The Bertz CT molecular complexity index is 429. The third-order valence-electron chi connectivity index (χ3n) is 3.45. The van der Waals surface area contributed by atoms with Gasteiger partial charge in [0.05, 0.1) is 0 Å². The topological polar surface area (TPSA) is 26.0 Å². The lowest BCUT2D eigenvalue weighted by Crippen LogP contribution is -2.18. The summed E-state index contributed by atoms with van der Waals surface area (Å²) in [5.74, 6) is -3.64. The highest BCUT2D eigenvalue weighted by Crippen LogP contribution is 2.57. The average molecular weight is 229 g/mol. The zero-order chi connectivity index (χ0) is 12.1. The fraction of sp³-hybridized carbons (Fsp3) is 0.500. The minimum atomic E-state index is -1.44. The molecule has 0 amide bonds. The molecular weight excluding hydrogens is 215 g/mol. The van der Waals surface area contributed by atoms with Crippen LogP contribution in [0.1, 0.15) is 31.9 Å². The molecule has 2 rings (SSSR count). The Morgan fingerprint density at radius 2 is 1.81 bits per heavy atom. The van der Waals surface area contributed by atoms with Gasteiger partial charge in [0.2, 0.25) is 0 Å². The second-order valence-electron chi connectivity index (χ2n) is 5.09. The first-order chi connectivity index (χ1) is 7.34. The van der Waals surface area contributed by atoms with Crippen LogP contribution in [-0.4, -0.2) is 0 Å². The molecule has 1 nitrogen and oxygen atoms in total. The summed E-state index contributed by atoms with van der Waals surface area (Å²) >= 11 is 0. The molecule has 1 aromatic rings. The Labute approximate surface area is 92.5 Å². The number of halogens is 3. The van der Waals surface area contributed by atoms with Crippen molar-refractivity contribution in [2.24, 2.45) is 17.1 Å². The molecule has 0 spiro atoms. The normalized spacial score (nSPS) is 24.2. The van der Waals surface area contributed by atoms with Crippen LogP contribution in [0.5, 0.6) is 0 Å². The Balaban J connectivity index is 2.32. The van der Waals surface area contributed by atoms with Crippen LogP contribution in [-0.2, 0) is 0 Å². The van der Waals surface area contributed by atoms with E-state index in [2.05, 4.69) is 0 Å². The molecule has 4 heteroatoms. The van der Waals surface area contributed by atoms with Crippen molar-refractivity contribution >= 4 is 0 Å². The van der Waals surface area contributed by atoms with E-state index in [1.807, 2.05) is 13.8 Å². The highest BCUT2D eigenvalue weighted by Gasteiger charge is 2.50. The number of hydrogen-bond donors (Lipinski definition) is 1. The van der Waals surface area contributed by atoms with Crippen LogP contribution < -0.4 is 5.73 Å². The lowest BCUT2D eigenvalue weighted by atomic mass is 9.97. The predicted octanol–water partition coefficient (Wildman–Crippen LogP) is 3.15. The lowest BCUT2D eigenvalue weighted by Gasteiger charge is -2.15. The van der Waals surface area contributed by atoms with Gasteiger partial charge in [0.1, 0.15) is 0 Å². The lowest BCUT2D eigenvalue weighted by molar-refractivity contribution is 0.420. The van der Waals surface area contributed by atoms with Gasteiger partial charge in [-0.2, -0.15) is 0 Å². The van der Waals surface area contributed by atoms with Gasteiger partial charge in [-0.25, -0.2) is 13.2 Å². The maximum atomic E-state index is 13.5. The molecule has 0 saturated heterocycles. The summed E-state index contributed by atoms with van der Waals surface area (Å²) in [6, 6.07) is 1.58. The maximum Gasteiger partial charge on any atom is 0.194 e. The van der Waals surface area contributed by atoms with Crippen molar-refractivity contribution in [3.05, 3.63) is 35.1 Å². The molecule has 2 atom stereocenters. The van der Waals surface area contributed by atoms with Crippen LogP contribution in [0.3, 0.4) is 0 Å². The largest absolute Gasteiger partial charge is 0.324 e. The summed E-state index contributed by atoms with van der Waals surface area (Å²) in [6.07, 6.45) is 0.882. The van der Waals surface area contributed by atoms with Gasteiger partial charge < -0.3 is 5.73 Å². The Morgan fingerprint density at radius 3 is 2.31 bits per heavy atom. The maximum absolute atomic E-state index is 13.5. The Kier molecular flexibility index (Phi) is 2.49. The summed E-state index contributed by atoms with van der Waals surface area (Å²) in [4.78, 5) is 0. The molecule has 0 bridgehead atoms. The number of rotatable bonds is 2. The zero-order valence-electron chi connectivity index (χ0n) is 9.23. The van der Waals surface area contributed by atoms with Gasteiger partial charge in [0, 0.05) is 11.6 Å². The molecule has 16 heavy (non-hydrogen) atoms. The highest BCUT2D eigenvalue weighted by atomic mass is 19.2. The van der Waals surface area contributed by atoms with Crippen molar-refractivity contribution < 1.29 is 13.2 Å². The molecule has 1 saturated carbocycles. The molecule has 88 valence electrons. The third-order valence-corrected chi connectivity index (χ3v) is 3.45. The first kappa shape index (κ1) is 11.5. The second kappa shape index (κ2) is 3.48. The standard InChI is InChI=1S/C12H14F3N/c1-12(2)5-7(12)11(16)6-3-4-8(13)10(15)9(6)14/h3-4,7,11H,5,16H2,1-2H3.